The van der Waals surface area contributed by atoms with Gasteiger partial charge in [0.15, 0.2) is 0 Å². The molecule has 1 saturated heterocycles. The standard InChI is InChI=1S/Al.O3Si/c;1-4(2)3/q+2;-2. The first-order valence-corrected chi connectivity index (χ1v) is 3.25. The van der Waals surface area contributed by atoms with E-state index in [0.717, 1.165) is 0 Å². The average Bonchev–Trinajstić information content (AvgIpc) is 1.30. The molecule has 1 aliphatic rings. The summed E-state index contributed by atoms with van der Waals surface area (Å²) in [6.45, 7) is 0. The summed E-state index contributed by atoms with van der Waals surface area (Å²) in [5.74, 6) is 0. The second-order valence-corrected chi connectivity index (χ2v) is 3.16. The Morgan fingerprint density at radius 3 is 2.00 bits per heavy atom. The van der Waals surface area contributed by atoms with E-state index in [0.29, 0.717) is 0 Å². The maximum absolute atomic E-state index is 9.66. The molecule has 1 aliphatic heterocycles. The summed E-state index contributed by atoms with van der Waals surface area (Å²) in [4.78, 5) is 0. The predicted molar refractivity (Wildman–Crippen MR) is 14.4 cm³/mol. The Hall–Kier alpha value is 0.149. The summed E-state index contributed by atoms with van der Waals surface area (Å²) >= 11 is -0.338. The maximum atomic E-state index is 9.66. The van der Waals surface area contributed by atoms with Gasteiger partial charge in [-0.1, -0.05) is 0 Å². The summed E-state index contributed by atoms with van der Waals surface area (Å²) in [6, 6.07) is 0. The second-order valence-electron chi connectivity index (χ2n) is 0.582. The van der Waals surface area contributed by atoms with Gasteiger partial charge in [-0.3, -0.25) is 4.46 Å². The van der Waals surface area contributed by atoms with Crippen LogP contribution in [0.25, 0.3) is 0 Å². The van der Waals surface area contributed by atoms with E-state index >= 15 is 0 Å². The molecule has 0 aromatic carbocycles. The first kappa shape index (κ1) is 3.34. The molecule has 0 aromatic rings. The zero-order valence-electron chi connectivity index (χ0n) is 2.30. The molecule has 0 aliphatic carbocycles. The highest BCUT2D eigenvalue weighted by molar-refractivity contribution is 6.53. The number of rotatable bonds is 0. The zero-order valence-corrected chi connectivity index (χ0v) is 4.46. The van der Waals surface area contributed by atoms with Crippen LogP contribution in [0.1, 0.15) is 0 Å². The van der Waals surface area contributed by atoms with Crippen molar-refractivity contribution in [1.29, 1.82) is 0 Å². The number of hydrogen-bond acceptors (Lipinski definition) is 3. The normalized spacial score (nSPS) is 17.2. The van der Waals surface area contributed by atoms with Gasteiger partial charge in [0.2, 0.25) is 0 Å². The van der Waals surface area contributed by atoms with E-state index in [9.17, 15) is 4.46 Å². The van der Waals surface area contributed by atoms with Crippen LogP contribution >= 0.6 is 0 Å². The highest BCUT2D eigenvalue weighted by Gasteiger charge is 2.26. The minimum Gasteiger partial charge on any atom is -0.628 e. The topological polar surface area (TPSA) is 35.5 Å². The van der Waals surface area contributed by atoms with Gasteiger partial charge >= 0.3 is 25.1 Å². The van der Waals surface area contributed by atoms with Crippen molar-refractivity contribution in [2.45, 2.75) is 0 Å². The van der Waals surface area contributed by atoms with Crippen LogP contribution < -0.4 is 0 Å². The largest absolute Gasteiger partial charge is 0.857 e. The van der Waals surface area contributed by atoms with Crippen molar-refractivity contribution < 1.29 is 11.4 Å². The molecule has 1 fully saturated rings. The Morgan fingerprint density at radius 1 is 1.60 bits per heavy atom. The number of hydrogen-bond donors (Lipinski definition) is 0. The van der Waals surface area contributed by atoms with Crippen molar-refractivity contribution in [3.63, 3.8) is 0 Å². The molecule has 5 heavy (non-hydrogen) atoms. The van der Waals surface area contributed by atoms with Gasteiger partial charge in [-0.25, -0.2) is 0 Å². The Balaban J connectivity index is 2.32. The first-order chi connectivity index (χ1) is 2.39. The third-order valence-electron chi connectivity index (χ3n) is 0.289. The summed E-state index contributed by atoms with van der Waals surface area (Å²) in [5.41, 5.74) is 0. The second kappa shape index (κ2) is 1.09. The molecule has 0 bridgehead atoms. The van der Waals surface area contributed by atoms with Gasteiger partial charge in [0, 0.05) is 0 Å². The summed E-state index contributed by atoms with van der Waals surface area (Å²) in [6.07, 6.45) is 0. The highest BCUT2D eigenvalue weighted by Crippen LogP contribution is 1.85. The molecule has 0 unspecified atom stereocenters. The van der Waals surface area contributed by atoms with Crippen LogP contribution in [0.5, 0.6) is 0 Å². The predicted octanol–water partition coefficient (Wildman–Crippen LogP) is -1.02. The Morgan fingerprint density at radius 2 is 2.00 bits per heavy atom. The Labute approximate surface area is 37.2 Å². The molecule has 1 rings (SSSR count). The van der Waals surface area contributed by atoms with Gasteiger partial charge in [0.25, 0.3) is 0 Å². The average molecular weight is 103 g/mol. The minimum absolute atomic E-state index is 0.338. The van der Waals surface area contributed by atoms with Crippen LogP contribution in [0.4, 0.5) is 0 Å². The molecular weight excluding hydrogens is 103 g/mol. The third kappa shape index (κ3) is 0.507. The molecule has 25 valence electrons. The van der Waals surface area contributed by atoms with Crippen LogP contribution in [-0.4, -0.2) is 25.1 Å². The lowest BCUT2D eigenvalue weighted by molar-refractivity contribution is 0.260. The lowest BCUT2D eigenvalue weighted by Gasteiger charge is -2.10. The van der Waals surface area contributed by atoms with E-state index < -0.39 is 9.17 Å². The lowest BCUT2D eigenvalue weighted by Crippen LogP contribution is -2.30. The van der Waals surface area contributed by atoms with Crippen molar-refractivity contribution in [2.24, 2.45) is 0 Å². The van der Waals surface area contributed by atoms with Crippen molar-refractivity contribution in [2.75, 3.05) is 0 Å². The van der Waals surface area contributed by atoms with E-state index in [4.69, 9.17) is 0 Å². The quantitative estimate of drug-likeness (QED) is 0.368. The molecule has 0 amide bonds. The smallest absolute Gasteiger partial charge is 0.628 e. The SMILES string of the molecule is O=[Si]1[O][Al][O]1. The third-order valence-corrected chi connectivity index (χ3v) is 2.60. The lowest BCUT2D eigenvalue weighted by atomic mass is 15.6. The Kier molecular flexibility index (Phi) is 0.728. The van der Waals surface area contributed by atoms with Gasteiger partial charge in [-0.05, 0) is 0 Å². The van der Waals surface area contributed by atoms with Crippen molar-refractivity contribution in [1.82, 2.24) is 0 Å². The van der Waals surface area contributed by atoms with E-state index in [2.05, 4.69) is 6.96 Å². The van der Waals surface area contributed by atoms with Gasteiger partial charge in [-0.15, -0.1) is 0 Å². The molecule has 3 nitrogen and oxygen atoms in total. The van der Waals surface area contributed by atoms with Crippen LogP contribution in [0.3, 0.4) is 0 Å². The van der Waals surface area contributed by atoms with Gasteiger partial charge < -0.3 is 6.96 Å². The van der Waals surface area contributed by atoms with Crippen molar-refractivity contribution >= 4 is 25.1 Å². The fourth-order valence-electron chi connectivity index (χ4n) is 0.0874. The van der Waals surface area contributed by atoms with Crippen LogP contribution in [0.2, 0.25) is 0 Å². The van der Waals surface area contributed by atoms with E-state index in [1.54, 1.807) is 0 Å². The molecular formula is AlO3Si. The fourth-order valence-corrected chi connectivity index (χ4v) is 0.787. The highest BCUT2D eigenvalue weighted by atomic mass is 28.3. The molecule has 5 heteroatoms. The summed E-state index contributed by atoms with van der Waals surface area (Å²) < 4.78 is 18.3. The monoisotopic (exact) mass is 103 g/mol. The molecule has 0 spiro atoms. The fraction of sp³-hybridized carbons (Fsp3) is 0. The van der Waals surface area contributed by atoms with E-state index in [-0.39, 0.29) is 15.9 Å². The first-order valence-electron chi connectivity index (χ1n) is 1.08. The van der Waals surface area contributed by atoms with Crippen LogP contribution in [-0.2, 0) is 11.4 Å². The van der Waals surface area contributed by atoms with Crippen molar-refractivity contribution in [3.8, 4) is 0 Å². The summed E-state index contributed by atoms with van der Waals surface area (Å²) in [5, 5.41) is 0. The summed E-state index contributed by atoms with van der Waals surface area (Å²) in [7, 11) is -1.91. The molecule has 0 saturated carbocycles. The van der Waals surface area contributed by atoms with Crippen molar-refractivity contribution in [3.05, 3.63) is 0 Å². The van der Waals surface area contributed by atoms with Crippen LogP contribution in [0, 0.1) is 0 Å². The Bertz CT molecular complexity index is 53.9. The minimum atomic E-state index is -1.91. The molecule has 0 aromatic heterocycles. The molecule has 0 atom stereocenters. The molecule has 0 N–H and O–H groups in total. The van der Waals surface area contributed by atoms with Gasteiger partial charge in [0.05, 0.1) is 0 Å². The van der Waals surface area contributed by atoms with Crippen LogP contribution in [0.15, 0.2) is 0 Å². The molecule has 1 radical (unpaired) electrons. The van der Waals surface area contributed by atoms with E-state index in [1.807, 2.05) is 0 Å². The maximum Gasteiger partial charge on any atom is 0.857 e. The van der Waals surface area contributed by atoms with Gasteiger partial charge in [-0.2, -0.15) is 0 Å². The van der Waals surface area contributed by atoms with E-state index in [1.165, 1.54) is 0 Å². The van der Waals surface area contributed by atoms with Gasteiger partial charge in [0.1, 0.15) is 0 Å². The molecule has 1 heterocycles. The zero-order chi connectivity index (χ0) is 3.70.